The van der Waals surface area contributed by atoms with Crippen LogP contribution in [0, 0.1) is 0 Å². The summed E-state index contributed by atoms with van der Waals surface area (Å²) in [5, 5.41) is 3.27. The molecule has 0 heterocycles. The predicted octanol–water partition coefficient (Wildman–Crippen LogP) is 3.64. The van der Waals surface area contributed by atoms with Crippen LogP contribution in [0.5, 0.6) is 0 Å². The van der Waals surface area contributed by atoms with E-state index < -0.39 is 0 Å². The zero-order chi connectivity index (χ0) is 11.8. The first-order valence-corrected chi connectivity index (χ1v) is 5.50. The molecular weight excluding hydrogens is 194 g/mol. The number of hydrogen-bond donors (Lipinski definition) is 1. The van der Waals surface area contributed by atoms with Crippen LogP contribution in [0.4, 0.5) is 0 Å². The molecule has 1 rings (SSSR count). The Labute approximate surface area is 98.2 Å². The standard InChI is InChI=1S/C15H19N/c1-4-5-7-10-13(2)15(16-3)14-11-8-6-9-12-14/h4-12,15-16H,2H2,1,3H3/b5-4-,10-7-. The molecule has 0 aliphatic heterocycles. The van der Waals surface area contributed by atoms with E-state index >= 15 is 0 Å². The first-order chi connectivity index (χ1) is 7.79. The summed E-state index contributed by atoms with van der Waals surface area (Å²) in [6.45, 7) is 6.09. The van der Waals surface area contributed by atoms with Gasteiger partial charge in [0.2, 0.25) is 0 Å². The summed E-state index contributed by atoms with van der Waals surface area (Å²) in [7, 11) is 1.95. The molecule has 1 N–H and O–H groups in total. The van der Waals surface area contributed by atoms with E-state index in [0.717, 1.165) is 5.57 Å². The number of benzene rings is 1. The Morgan fingerprint density at radius 1 is 1.25 bits per heavy atom. The van der Waals surface area contributed by atoms with Crippen molar-refractivity contribution in [2.45, 2.75) is 13.0 Å². The average molecular weight is 213 g/mol. The van der Waals surface area contributed by atoms with Crippen LogP contribution < -0.4 is 5.32 Å². The Morgan fingerprint density at radius 3 is 2.50 bits per heavy atom. The summed E-state index contributed by atoms with van der Waals surface area (Å²) in [6, 6.07) is 10.5. The number of rotatable bonds is 5. The molecule has 84 valence electrons. The van der Waals surface area contributed by atoms with E-state index in [1.54, 1.807) is 0 Å². The molecule has 1 aromatic rings. The molecule has 1 atom stereocenters. The van der Waals surface area contributed by atoms with E-state index in [1.807, 2.05) is 56.5 Å². The zero-order valence-corrected chi connectivity index (χ0v) is 9.98. The predicted molar refractivity (Wildman–Crippen MR) is 71.3 cm³/mol. The average Bonchev–Trinajstić information content (AvgIpc) is 2.32. The van der Waals surface area contributed by atoms with Crippen LogP contribution in [0.25, 0.3) is 0 Å². The van der Waals surface area contributed by atoms with Crippen LogP contribution in [0.15, 0.2) is 66.8 Å². The smallest absolute Gasteiger partial charge is 0.0568 e. The largest absolute Gasteiger partial charge is 0.309 e. The van der Waals surface area contributed by atoms with Crippen molar-refractivity contribution in [2.24, 2.45) is 0 Å². The third-order valence-corrected chi connectivity index (χ3v) is 2.41. The second-order valence-electron chi connectivity index (χ2n) is 3.59. The molecule has 1 nitrogen and oxygen atoms in total. The van der Waals surface area contributed by atoms with Crippen LogP contribution in [0.2, 0.25) is 0 Å². The van der Waals surface area contributed by atoms with Gasteiger partial charge in [-0.2, -0.15) is 0 Å². The van der Waals surface area contributed by atoms with Gasteiger partial charge >= 0.3 is 0 Å². The Hall–Kier alpha value is -1.60. The molecular formula is C15H19N. The van der Waals surface area contributed by atoms with Crippen molar-refractivity contribution < 1.29 is 0 Å². The van der Waals surface area contributed by atoms with Crippen molar-refractivity contribution in [3.8, 4) is 0 Å². The molecule has 1 heteroatoms. The number of allylic oxidation sites excluding steroid dienone is 3. The highest BCUT2D eigenvalue weighted by Gasteiger charge is 2.09. The van der Waals surface area contributed by atoms with Gasteiger partial charge in [0.05, 0.1) is 6.04 Å². The van der Waals surface area contributed by atoms with Gasteiger partial charge in [-0.1, -0.05) is 61.2 Å². The van der Waals surface area contributed by atoms with Gasteiger partial charge < -0.3 is 5.32 Å². The molecule has 0 aliphatic carbocycles. The first-order valence-electron chi connectivity index (χ1n) is 5.50. The minimum absolute atomic E-state index is 0.183. The second-order valence-corrected chi connectivity index (χ2v) is 3.59. The monoisotopic (exact) mass is 213 g/mol. The van der Waals surface area contributed by atoms with E-state index in [1.165, 1.54) is 5.56 Å². The Morgan fingerprint density at radius 2 is 1.94 bits per heavy atom. The minimum Gasteiger partial charge on any atom is -0.309 e. The summed E-state index contributed by atoms with van der Waals surface area (Å²) in [4.78, 5) is 0. The van der Waals surface area contributed by atoms with Crippen LogP contribution in [-0.4, -0.2) is 7.05 Å². The molecule has 0 amide bonds. The maximum absolute atomic E-state index is 4.09. The Kier molecular flexibility index (Phi) is 5.30. The van der Waals surface area contributed by atoms with Gasteiger partial charge in [-0.15, -0.1) is 0 Å². The lowest BCUT2D eigenvalue weighted by Gasteiger charge is -2.16. The molecule has 1 unspecified atom stereocenters. The molecule has 0 saturated heterocycles. The van der Waals surface area contributed by atoms with Gasteiger partial charge in [0.25, 0.3) is 0 Å². The van der Waals surface area contributed by atoms with Crippen molar-refractivity contribution in [3.05, 3.63) is 72.4 Å². The van der Waals surface area contributed by atoms with Crippen molar-refractivity contribution in [1.29, 1.82) is 0 Å². The van der Waals surface area contributed by atoms with Crippen LogP contribution >= 0.6 is 0 Å². The molecule has 0 fully saturated rings. The van der Waals surface area contributed by atoms with Crippen LogP contribution in [-0.2, 0) is 0 Å². The van der Waals surface area contributed by atoms with Crippen LogP contribution in [0.1, 0.15) is 18.5 Å². The summed E-state index contributed by atoms with van der Waals surface area (Å²) in [5.41, 5.74) is 2.30. The fraction of sp³-hybridized carbons (Fsp3) is 0.200. The van der Waals surface area contributed by atoms with E-state index in [0.29, 0.717) is 0 Å². The molecule has 0 saturated carbocycles. The topological polar surface area (TPSA) is 12.0 Å². The van der Waals surface area contributed by atoms with Crippen LogP contribution in [0.3, 0.4) is 0 Å². The van der Waals surface area contributed by atoms with Crippen molar-refractivity contribution in [1.82, 2.24) is 5.32 Å². The summed E-state index contributed by atoms with van der Waals surface area (Å²) >= 11 is 0. The van der Waals surface area contributed by atoms with E-state index in [4.69, 9.17) is 0 Å². The number of hydrogen-bond acceptors (Lipinski definition) is 1. The quantitative estimate of drug-likeness (QED) is 0.736. The molecule has 0 radical (unpaired) electrons. The van der Waals surface area contributed by atoms with Gasteiger partial charge in [0.1, 0.15) is 0 Å². The lowest BCUT2D eigenvalue weighted by Crippen LogP contribution is -2.17. The summed E-state index contributed by atoms with van der Waals surface area (Å²) in [6.07, 6.45) is 8.05. The summed E-state index contributed by atoms with van der Waals surface area (Å²) < 4.78 is 0. The van der Waals surface area contributed by atoms with Gasteiger partial charge in [-0.3, -0.25) is 0 Å². The lowest BCUT2D eigenvalue weighted by molar-refractivity contribution is 0.693. The fourth-order valence-corrected chi connectivity index (χ4v) is 1.60. The van der Waals surface area contributed by atoms with Crippen molar-refractivity contribution in [2.75, 3.05) is 7.05 Å². The summed E-state index contributed by atoms with van der Waals surface area (Å²) in [5.74, 6) is 0. The SMILES string of the molecule is C=C(/C=C\C=C/C)C(NC)c1ccccc1. The molecule has 0 spiro atoms. The first kappa shape index (κ1) is 12.5. The van der Waals surface area contributed by atoms with E-state index in [-0.39, 0.29) is 6.04 Å². The maximum Gasteiger partial charge on any atom is 0.0568 e. The normalized spacial score (nSPS) is 13.4. The van der Waals surface area contributed by atoms with Gasteiger partial charge in [0.15, 0.2) is 0 Å². The van der Waals surface area contributed by atoms with Gasteiger partial charge in [-0.25, -0.2) is 0 Å². The third-order valence-electron chi connectivity index (χ3n) is 2.41. The fourth-order valence-electron chi connectivity index (χ4n) is 1.60. The Balaban J connectivity index is 2.79. The minimum atomic E-state index is 0.183. The number of likely N-dealkylation sites (N-methyl/N-ethyl adjacent to an activating group) is 1. The lowest BCUT2D eigenvalue weighted by atomic mass is 10.00. The highest BCUT2D eigenvalue weighted by atomic mass is 14.9. The van der Waals surface area contributed by atoms with E-state index in [9.17, 15) is 0 Å². The van der Waals surface area contributed by atoms with Gasteiger partial charge in [0, 0.05) is 0 Å². The highest BCUT2D eigenvalue weighted by molar-refractivity contribution is 5.33. The third kappa shape index (κ3) is 3.52. The van der Waals surface area contributed by atoms with E-state index in [2.05, 4.69) is 24.0 Å². The van der Waals surface area contributed by atoms with Gasteiger partial charge in [-0.05, 0) is 25.1 Å². The highest BCUT2D eigenvalue weighted by Crippen LogP contribution is 2.20. The maximum atomic E-state index is 4.09. The zero-order valence-electron chi connectivity index (χ0n) is 9.98. The molecule has 0 aliphatic rings. The Bertz CT molecular complexity index is 374. The van der Waals surface area contributed by atoms with Crippen molar-refractivity contribution in [3.63, 3.8) is 0 Å². The molecule has 1 aromatic carbocycles. The number of nitrogens with one attached hydrogen (secondary N) is 1. The molecule has 16 heavy (non-hydrogen) atoms. The second kappa shape index (κ2) is 6.81. The molecule has 0 bridgehead atoms. The van der Waals surface area contributed by atoms with Crippen molar-refractivity contribution >= 4 is 0 Å². The molecule has 0 aromatic heterocycles.